The Morgan fingerprint density at radius 2 is 2.00 bits per heavy atom. The van der Waals surface area contributed by atoms with E-state index in [1.165, 1.54) is 19.2 Å². The molecule has 1 aromatic carbocycles. The van der Waals surface area contributed by atoms with Gasteiger partial charge in [-0.2, -0.15) is 0 Å². The Kier molecular flexibility index (Phi) is 3.45. The zero-order valence-electron chi connectivity index (χ0n) is 7.38. The molecule has 0 amide bonds. The molecule has 0 heterocycles. The van der Waals surface area contributed by atoms with Gasteiger partial charge in [0.2, 0.25) is 0 Å². The molecule has 1 aromatic rings. The van der Waals surface area contributed by atoms with Gasteiger partial charge in [-0.05, 0) is 12.1 Å². The summed E-state index contributed by atoms with van der Waals surface area (Å²) in [7, 11) is -1.47. The molecular weight excluding hydrogens is 208 g/mol. The number of benzene rings is 1. The van der Waals surface area contributed by atoms with Gasteiger partial charge >= 0.3 is 0 Å². The van der Waals surface area contributed by atoms with Crippen LogP contribution in [0.3, 0.4) is 0 Å². The number of thiol groups is 1. The van der Waals surface area contributed by atoms with E-state index >= 15 is 0 Å². The molecule has 0 spiro atoms. The summed E-state index contributed by atoms with van der Waals surface area (Å²) < 4.78 is 26.3. The fraction of sp³-hybridized carbons (Fsp3) is 0.250. The van der Waals surface area contributed by atoms with Gasteiger partial charge in [0.1, 0.15) is 10.6 Å². The lowest BCUT2D eigenvalue weighted by atomic mass is 10.2. The smallest absolute Gasteiger partial charge is 0.178 e. The van der Waals surface area contributed by atoms with Crippen LogP contribution in [0.4, 0.5) is 0 Å². The first-order valence-corrected chi connectivity index (χ1v) is 4.92. The van der Waals surface area contributed by atoms with Crippen molar-refractivity contribution in [3.63, 3.8) is 0 Å². The van der Waals surface area contributed by atoms with Crippen molar-refractivity contribution in [1.29, 1.82) is 0 Å². The standard InChI is InChI=1S/C8H10O5S/c1-13-6-3-2-5(8(9)10)4-7(6)14(11)12/h2-4,8-10,14H,1H3. The van der Waals surface area contributed by atoms with Crippen molar-refractivity contribution in [2.75, 3.05) is 7.11 Å². The highest BCUT2D eigenvalue weighted by Gasteiger charge is 2.09. The second kappa shape index (κ2) is 4.41. The molecule has 0 aromatic heterocycles. The highest BCUT2D eigenvalue weighted by atomic mass is 32.2. The van der Waals surface area contributed by atoms with Crippen LogP contribution in [0.2, 0.25) is 0 Å². The Morgan fingerprint density at radius 1 is 1.36 bits per heavy atom. The molecule has 0 radical (unpaired) electrons. The highest BCUT2D eigenvalue weighted by molar-refractivity contribution is 7.72. The van der Waals surface area contributed by atoms with Crippen LogP contribution < -0.4 is 4.74 Å². The summed E-state index contributed by atoms with van der Waals surface area (Å²) in [5.41, 5.74) is 0.111. The quantitative estimate of drug-likeness (QED) is 0.477. The lowest BCUT2D eigenvalue weighted by molar-refractivity contribution is -0.0426. The van der Waals surface area contributed by atoms with Crippen molar-refractivity contribution in [2.45, 2.75) is 11.2 Å². The molecule has 5 nitrogen and oxygen atoms in total. The molecule has 0 saturated carbocycles. The largest absolute Gasteiger partial charge is 0.495 e. The number of aliphatic hydroxyl groups excluding tert-OH is 1. The SMILES string of the molecule is COc1ccc(C(O)O)cc1[SH](=O)=O. The van der Waals surface area contributed by atoms with E-state index in [9.17, 15) is 8.42 Å². The van der Waals surface area contributed by atoms with Crippen molar-refractivity contribution < 1.29 is 23.4 Å². The minimum atomic E-state index is -2.81. The first kappa shape index (κ1) is 11.0. The van der Waals surface area contributed by atoms with E-state index < -0.39 is 17.0 Å². The summed E-state index contributed by atoms with van der Waals surface area (Å²) in [5, 5.41) is 17.6. The third kappa shape index (κ3) is 2.22. The van der Waals surface area contributed by atoms with Crippen LogP contribution in [-0.2, 0) is 10.7 Å². The Hall–Kier alpha value is -1.11. The average Bonchev–Trinajstić information content (AvgIpc) is 2.16. The van der Waals surface area contributed by atoms with E-state index in [1.54, 1.807) is 0 Å². The summed E-state index contributed by atoms with van der Waals surface area (Å²) in [6.45, 7) is 0. The van der Waals surface area contributed by atoms with E-state index in [0.29, 0.717) is 0 Å². The molecule has 0 bridgehead atoms. The first-order valence-electron chi connectivity index (χ1n) is 3.74. The molecule has 78 valence electrons. The molecule has 14 heavy (non-hydrogen) atoms. The molecule has 0 aliphatic carbocycles. The van der Waals surface area contributed by atoms with Crippen LogP contribution >= 0.6 is 0 Å². The Labute approximate surface area is 82.5 Å². The fourth-order valence-corrected chi connectivity index (χ4v) is 1.61. The maximum Gasteiger partial charge on any atom is 0.178 e. The van der Waals surface area contributed by atoms with Crippen molar-refractivity contribution in [3.8, 4) is 5.75 Å². The van der Waals surface area contributed by atoms with E-state index in [1.807, 2.05) is 0 Å². The molecule has 2 N–H and O–H groups in total. The number of hydrogen-bond acceptors (Lipinski definition) is 5. The van der Waals surface area contributed by atoms with Gasteiger partial charge in [0.05, 0.1) is 7.11 Å². The van der Waals surface area contributed by atoms with Crippen LogP contribution in [-0.4, -0.2) is 25.7 Å². The number of rotatable bonds is 3. The monoisotopic (exact) mass is 218 g/mol. The molecule has 6 heteroatoms. The third-order valence-corrected chi connectivity index (χ3v) is 2.44. The fourth-order valence-electron chi connectivity index (χ4n) is 1.01. The van der Waals surface area contributed by atoms with E-state index in [0.717, 1.165) is 6.07 Å². The summed E-state index contributed by atoms with van der Waals surface area (Å²) in [6, 6.07) is 3.91. The van der Waals surface area contributed by atoms with Gasteiger partial charge in [-0.3, -0.25) is 0 Å². The maximum absolute atomic E-state index is 10.7. The van der Waals surface area contributed by atoms with Crippen molar-refractivity contribution in [2.24, 2.45) is 0 Å². The van der Waals surface area contributed by atoms with Gasteiger partial charge in [-0.1, -0.05) is 6.07 Å². The van der Waals surface area contributed by atoms with E-state index in [2.05, 4.69) is 0 Å². The van der Waals surface area contributed by atoms with Gasteiger partial charge in [0, 0.05) is 5.56 Å². The van der Waals surface area contributed by atoms with Crippen LogP contribution in [0.15, 0.2) is 23.1 Å². The molecule has 0 unspecified atom stereocenters. The Bertz CT molecular complexity index is 389. The number of hydrogen-bond donors (Lipinski definition) is 3. The number of methoxy groups -OCH3 is 1. The van der Waals surface area contributed by atoms with Crippen LogP contribution in [0.1, 0.15) is 11.9 Å². The zero-order chi connectivity index (χ0) is 10.7. The molecule has 1 rings (SSSR count). The predicted molar refractivity (Wildman–Crippen MR) is 48.8 cm³/mol. The van der Waals surface area contributed by atoms with Crippen LogP contribution in [0.25, 0.3) is 0 Å². The maximum atomic E-state index is 10.7. The van der Waals surface area contributed by atoms with Crippen molar-refractivity contribution in [3.05, 3.63) is 23.8 Å². The zero-order valence-corrected chi connectivity index (χ0v) is 8.27. The lowest BCUT2D eigenvalue weighted by Gasteiger charge is -2.07. The normalized spacial score (nSPS) is 10.9. The van der Waals surface area contributed by atoms with E-state index in [4.69, 9.17) is 14.9 Å². The van der Waals surface area contributed by atoms with Gasteiger partial charge in [0.15, 0.2) is 17.0 Å². The second-order valence-corrected chi connectivity index (χ2v) is 3.56. The molecule has 0 aliphatic rings. The van der Waals surface area contributed by atoms with Crippen molar-refractivity contribution >= 4 is 10.7 Å². The van der Waals surface area contributed by atoms with Crippen molar-refractivity contribution in [1.82, 2.24) is 0 Å². The predicted octanol–water partition coefficient (Wildman–Crippen LogP) is -0.351. The number of aliphatic hydroxyl groups is 2. The first-order chi connectivity index (χ1) is 6.56. The molecule has 0 aliphatic heterocycles. The van der Waals surface area contributed by atoms with Gasteiger partial charge < -0.3 is 14.9 Å². The highest BCUT2D eigenvalue weighted by Crippen LogP contribution is 2.23. The van der Waals surface area contributed by atoms with Gasteiger partial charge in [-0.15, -0.1) is 0 Å². The van der Waals surface area contributed by atoms with Gasteiger partial charge in [0.25, 0.3) is 0 Å². The minimum absolute atomic E-state index is 0.0619. The summed E-state index contributed by atoms with van der Waals surface area (Å²) in [6.07, 6.45) is -1.69. The van der Waals surface area contributed by atoms with Gasteiger partial charge in [-0.25, -0.2) is 8.42 Å². The average molecular weight is 218 g/mol. The second-order valence-electron chi connectivity index (χ2n) is 2.56. The third-order valence-electron chi connectivity index (χ3n) is 1.70. The molecule has 0 atom stereocenters. The summed E-state index contributed by atoms with van der Waals surface area (Å²) in [5.74, 6) is 0.186. The number of ether oxygens (including phenoxy) is 1. The molecular formula is C8H10O5S. The summed E-state index contributed by atoms with van der Waals surface area (Å²) >= 11 is 0. The molecule has 0 fully saturated rings. The summed E-state index contributed by atoms with van der Waals surface area (Å²) in [4.78, 5) is -0.0619. The topological polar surface area (TPSA) is 83.8 Å². The Balaban J connectivity index is 3.28. The molecule has 0 saturated heterocycles. The minimum Gasteiger partial charge on any atom is -0.495 e. The Morgan fingerprint density at radius 3 is 2.43 bits per heavy atom. The van der Waals surface area contributed by atoms with Crippen LogP contribution in [0.5, 0.6) is 5.75 Å². The lowest BCUT2D eigenvalue weighted by Crippen LogP contribution is -1.97. The van der Waals surface area contributed by atoms with E-state index in [-0.39, 0.29) is 16.2 Å². The van der Waals surface area contributed by atoms with Crippen LogP contribution in [0, 0.1) is 0 Å².